The summed E-state index contributed by atoms with van der Waals surface area (Å²) in [6.45, 7) is 1.51. The third-order valence-corrected chi connectivity index (χ3v) is 2.71. The number of hydrogen-bond donors (Lipinski definition) is 2. The molecule has 0 aliphatic heterocycles. The lowest BCUT2D eigenvalue weighted by Gasteiger charge is -2.07. The summed E-state index contributed by atoms with van der Waals surface area (Å²) in [6.07, 6.45) is 4.82. The van der Waals surface area contributed by atoms with Gasteiger partial charge in [-0.3, -0.25) is 9.78 Å². The van der Waals surface area contributed by atoms with Crippen LogP contribution in [-0.4, -0.2) is 41.1 Å². The first kappa shape index (κ1) is 14.9. The molecule has 0 radical (unpaired) electrons. The van der Waals surface area contributed by atoms with Gasteiger partial charge in [-0.25, -0.2) is 9.97 Å². The second-order valence-corrected chi connectivity index (χ2v) is 4.25. The van der Waals surface area contributed by atoms with E-state index >= 15 is 0 Å². The molecule has 0 saturated carbocycles. The van der Waals surface area contributed by atoms with Crippen molar-refractivity contribution < 1.29 is 9.53 Å². The van der Waals surface area contributed by atoms with E-state index in [9.17, 15) is 4.79 Å². The first-order valence-corrected chi connectivity index (χ1v) is 6.51. The maximum absolute atomic E-state index is 11.9. The Morgan fingerprint density at radius 1 is 1.29 bits per heavy atom. The van der Waals surface area contributed by atoms with Gasteiger partial charge in [-0.1, -0.05) is 0 Å². The number of carbonyl (C=O) groups is 1. The highest BCUT2D eigenvalue weighted by atomic mass is 16.5. The van der Waals surface area contributed by atoms with E-state index in [1.165, 1.54) is 6.33 Å². The minimum Gasteiger partial charge on any atom is -0.383 e. The third-order valence-electron chi connectivity index (χ3n) is 2.71. The lowest BCUT2D eigenvalue weighted by atomic mass is 10.2. The fourth-order valence-corrected chi connectivity index (χ4v) is 1.63. The maximum Gasteiger partial charge on any atom is 0.270 e. The van der Waals surface area contributed by atoms with Gasteiger partial charge in [0, 0.05) is 38.7 Å². The fraction of sp³-hybridized carbons (Fsp3) is 0.286. The first-order chi connectivity index (χ1) is 10.3. The molecule has 21 heavy (non-hydrogen) atoms. The highest BCUT2D eigenvalue weighted by Crippen LogP contribution is 2.06. The van der Waals surface area contributed by atoms with Gasteiger partial charge >= 0.3 is 0 Å². The largest absolute Gasteiger partial charge is 0.383 e. The molecule has 2 rings (SSSR count). The standard InChI is InChI=1S/C14H17N5O2/c1-21-7-6-16-14(20)12-8-13(19-10-18-12)17-9-11-2-4-15-5-3-11/h2-5,8,10H,6-7,9H2,1H3,(H,16,20)(H,17,18,19). The second-order valence-electron chi connectivity index (χ2n) is 4.25. The molecule has 0 saturated heterocycles. The molecule has 0 spiro atoms. The van der Waals surface area contributed by atoms with E-state index < -0.39 is 0 Å². The van der Waals surface area contributed by atoms with Crippen molar-refractivity contribution in [3.63, 3.8) is 0 Å². The number of nitrogens with zero attached hydrogens (tertiary/aromatic N) is 3. The number of ether oxygens (including phenoxy) is 1. The Morgan fingerprint density at radius 2 is 2.10 bits per heavy atom. The normalized spacial score (nSPS) is 10.1. The van der Waals surface area contributed by atoms with Crippen LogP contribution >= 0.6 is 0 Å². The van der Waals surface area contributed by atoms with Crippen molar-refractivity contribution in [2.24, 2.45) is 0 Å². The topological polar surface area (TPSA) is 89.0 Å². The Labute approximate surface area is 122 Å². The van der Waals surface area contributed by atoms with Gasteiger partial charge in [0.2, 0.25) is 0 Å². The van der Waals surface area contributed by atoms with Crippen LogP contribution in [0.4, 0.5) is 5.82 Å². The van der Waals surface area contributed by atoms with E-state index in [2.05, 4.69) is 25.6 Å². The molecular weight excluding hydrogens is 270 g/mol. The summed E-state index contributed by atoms with van der Waals surface area (Å²) in [7, 11) is 1.58. The Morgan fingerprint density at radius 3 is 2.86 bits per heavy atom. The molecule has 0 bridgehead atoms. The number of amides is 1. The molecule has 0 atom stereocenters. The van der Waals surface area contributed by atoms with Crippen molar-refractivity contribution in [2.75, 3.05) is 25.6 Å². The molecule has 2 aromatic rings. The summed E-state index contributed by atoms with van der Waals surface area (Å²) in [6, 6.07) is 5.43. The van der Waals surface area contributed by atoms with Crippen molar-refractivity contribution in [1.82, 2.24) is 20.3 Å². The lowest BCUT2D eigenvalue weighted by Crippen LogP contribution is -2.27. The first-order valence-electron chi connectivity index (χ1n) is 6.51. The van der Waals surface area contributed by atoms with Gasteiger partial charge in [0.05, 0.1) is 6.61 Å². The van der Waals surface area contributed by atoms with E-state index in [-0.39, 0.29) is 5.91 Å². The third kappa shape index (κ3) is 4.81. The van der Waals surface area contributed by atoms with Crippen LogP contribution in [0.2, 0.25) is 0 Å². The monoisotopic (exact) mass is 287 g/mol. The zero-order valence-electron chi connectivity index (χ0n) is 11.7. The van der Waals surface area contributed by atoms with E-state index in [4.69, 9.17) is 4.74 Å². The lowest BCUT2D eigenvalue weighted by molar-refractivity contribution is 0.0932. The zero-order chi connectivity index (χ0) is 14.9. The molecule has 110 valence electrons. The zero-order valence-corrected chi connectivity index (χ0v) is 11.7. The number of anilines is 1. The van der Waals surface area contributed by atoms with E-state index in [1.54, 1.807) is 25.6 Å². The van der Waals surface area contributed by atoms with Crippen LogP contribution in [0.3, 0.4) is 0 Å². The van der Waals surface area contributed by atoms with Gasteiger partial charge in [0.25, 0.3) is 5.91 Å². The number of aromatic nitrogens is 3. The molecule has 0 unspecified atom stereocenters. The van der Waals surface area contributed by atoms with Crippen molar-refractivity contribution >= 4 is 11.7 Å². The predicted molar refractivity (Wildman–Crippen MR) is 77.8 cm³/mol. The SMILES string of the molecule is COCCNC(=O)c1cc(NCc2ccncc2)ncn1. The van der Waals surface area contributed by atoms with Crippen LogP contribution in [-0.2, 0) is 11.3 Å². The summed E-state index contributed by atoms with van der Waals surface area (Å²) in [4.78, 5) is 23.9. The quantitative estimate of drug-likeness (QED) is 0.734. The number of methoxy groups -OCH3 is 1. The summed E-state index contributed by atoms with van der Waals surface area (Å²) in [5, 5.41) is 5.85. The maximum atomic E-state index is 11.9. The molecule has 0 aliphatic rings. The highest BCUT2D eigenvalue weighted by molar-refractivity contribution is 5.92. The molecule has 0 fully saturated rings. The van der Waals surface area contributed by atoms with Crippen LogP contribution in [0.15, 0.2) is 36.9 Å². The van der Waals surface area contributed by atoms with E-state index in [1.807, 2.05) is 12.1 Å². The summed E-state index contributed by atoms with van der Waals surface area (Å²) in [5.74, 6) is 0.347. The highest BCUT2D eigenvalue weighted by Gasteiger charge is 2.07. The number of pyridine rings is 1. The van der Waals surface area contributed by atoms with Gasteiger partial charge in [-0.15, -0.1) is 0 Å². The molecule has 2 N–H and O–H groups in total. The number of rotatable bonds is 7. The van der Waals surface area contributed by atoms with Crippen molar-refractivity contribution in [2.45, 2.75) is 6.54 Å². The molecule has 1 amide bonds. The van der Waals surface area contributed by atoms with Crippen molar-refractivity contribution in [3.05, 3.63) is 48.2 Å². The molecule has 0 aromatic carbocycles. The van der Waals surface area contributed by atoms with E-state index in [0.717, 1.165) is 5.56 Å². The van der Waals surface area contributed by atoms with Gasteiger partial charge < -0.3 is 15.4 Å². The second kappa shape index (κ2) is 7.91. The Kier molecular flexibility index (Phi) is 5.60. The molecule has 0 aliphatic carbocycles. The van der Waals surface area contributed by atoms with Crippen molar-refractivity contribution in [3.8, 4) is 0 Å². The fourth-order valence-electron chi connectivity index (χ4n) is 1.63. The average Bonchev–Trinajstić information content (AvgIpc) is 2.54. The van der Waals surface area contributed by atoms with Crippen LogP contribution < -0.4 is 10.6 Å². The summed E-state index contributed by atoms with van der Waals surface area (Å²) in [5.41, 5.74) is 1.40. The molecule has 7 nitrogen and oxygen atoms in total. The summed E-state index contributed by atoms with van der Waals surface area (Å²) >= 11 is 0. The van der Waals surface area contributed by atoms with Crippen LogP contribution in [0.25, 0.3) is 0 Å². The predicted octanol–water partition coefficient (Wildman–Crippen LogP) is 0.860. The Balaban J connectivity index is 1.92. The van der Waals surface area contributed by atoms with Gasteiger partial charge in [0.15, 0.2) is 0 Å². The molecular formula is C14H17N5O2. The Bertz CT molecular complexity index is 577. The minimum atomic E-state index is -0.249. The van der Waals surface area contributed by atoms with Gasteiger partial charge in [-0.2, -0.15) is 0 Å². The number of carbonyl (C=O) groups excluding carboxylic acids is 1. The molecule has 2 heterocycles. The van der Waals surface area contributed by atoms with Gasteiger partial charge in [-0.05, 0) is 17.7 Å². The average molecular weight is 287 g/mol. The van der Waals surface area contributed by atoms with Crippen molar-refractivity contribution in [1.29, 1.82) is 0 Å². The molecule has 2 aromatic heterocycles. The number of hydrogen-bond acceptors (Lipinski definition) is 6. The number of nitrogens with one attached hydrogen (secondary N) is 2. The van der Waals surface area contributed by atoms with Gasteiger partial charge in [0.1, 0.15) is 17.8 Å². The Hall–Kier alpha value is -2.54. The van der Waals surface area contributed by atoms with E-state index in [0.29, 0.717) is 31.2 Å². The molecule has 7 heteroatoms. The smallest absolute Gasteiger partial charge is 0.270 e. The van der Waals surface area contributed by atoms with Crippen LogP contribution in [0, 0.1) is 0 Å². The summed E-state index contributed by atoms with van der Waals surface area (Å²) < 4.78 is 4.87. The van der Waals surface area contributed by atoms with Crippen LogP contribution in [0.1, 0.15) is 16.1 Å². The minimum absolute atomic E-state index is 0.249. The van der Waals surface area contributed by atoms with Crippen LogP contribution in [0.5, 0.6) is 0 Å².